The number of rotatable bonds is 6. The van der Waals surface area contributed by atoms with Gasteiger partial charge >= 0.3 is 12.0 Å². The SMILES string of the molecule is NC(=O)NC(=O)COC(=O)c1cccc(S(=O)(=O)Nc2ccc(F)cc2)c1. The molecule has 2 aromatic carbocycles. The van der Waals surface area contributed by atoms with Gasteiger partial charge in [-0.3, -0.25) is 14.8 Å². The Morgan fingerprint density at radius 1 is 1.07 bits per heavy atom. The van der Waals surface area contributed by atoms with E-state index < -0.39 is 40.4 Å². The molecule has 4 N–H and O–H groups in total. The summed E-state index contributed by atoms with van der Waals surface area (Å²) >= 11 is 0. The summed E-state index contributed by atoms with van der Waals surface area (Å²) in [5.41, 5.74) is 4.74. The smallest absolute Gasteiger partial charge is 0.338 e. The van der Waals surface area contributed by atoms with Crippen molar-refractivity contribution in [3.63, 3.8) is 0 Å². The minimum atomic E-state index is -4.05. The number of benzene rings is 2. The van der Waals surface area contributed by atoms with E-state index in [1.54, 1.807) is 5.32 Å². The Morgan fingerprint density at radius 3 is 2.37 bits per heavy atom. The van der Waals surface area contributed by atoms with Crippen LogP contribution >= 0.6 is 0 Å². The fourth-order valence-corrected chi connectivity index (χ4v) is 3.01. The van der Waals surface area contributed by atoms with Crippen molar-refractivity contribution in [1.82, 2.24) is 5.32 Å². The second-order valence-electron chi connectivity index (χ2n) is 5.13. The monoisotopic (exact) mass is 395 g/mol. The van der Waals surface area contributed by atoms with Crippen LogP contribution in [0.3, 0.4) is 0 Å². The number of sulfonamides is 1. The summed E-state index contributed by atoms with van der Waals surface area (Å²) in [6.07, 6.45) is 0. The number of esters is 1. The Morgan fingerprint density at radius 2 is 1.74 bits per heavy atom. The molecule has 2 aromatic rings. The lowest BCUT2D eigenvalue weighted by Gasteiger charge is -2.09. The number of imide groups is 1. The van der Waals surface area contributed by atoms with Crippen LogP contribution in [0.25, 0.3) is 0 Å². The highest BCUT2D eigenvalue weighted by Gasteiger charge is 2.18. The normalized spacial score (nSPS) is 10.7. The lowest BCUT2D eigenvalue weighted by atomic mass is 10.2. The van der Waals surface area contributed by atoms with Crippen molar-refractivity contribution in [2.75, 3.05) is 11.3 Å². The van der Waals surface area contributed by atoms with Crippen molar-refractivity contribution in [2.24, 2.45) is 5.73 Å². The number of primary amides is 1. The quantitative estimate of drug-likeness (QED) is 0.622. The summed E-state index contributed by atoms with van der Waals surface area (Å²) in [5.74, 6) is -2.44. The maximum atomic E-state index is 12.9. The highest BCUT2D eigenvalue weighted by Crippen LogP contribution is 2.18. The molecule has 27 heavy (non-hydrogen) atoms. The van der Waals surface area contributed by atoms with Crippen LogP contribution in [0, 0.1) is 5.82 Å². The fraction of sp³-hybridized carbons (Fsp3) is 0.0625. The molecule has 0 atom stereocenters. The molecule has 0 saturated heterocycles. The van der Waals surface area contributed by atoms with Crippen LogP contribution in [-0.4, -0.2) is 32.9 Å². The topological polar surface area (TPSA) is 145 Å². The van der Waals surface area contributed by atoms with Crippen LogP contribution in [0.1, 0.15) is 10.4 Å². The molecule has 0 radical (unpaired) electrons. The second kappa shape index (κ2) is 8.27. The first kappa shape index (κ1) is 19.8. The van der Waals surface area contributed by atoms with Gasteiger partial charge in [0.25, 0.3) is 15.9 Å². The highest BCUT2D eigenvalue weighted by molar-refractivity contribution is 7.92. The van der Waals surface area contributed by atoms with Gasteiger partial charge in [-0.1, -0.05) is 6.07 Å². The maximum absolute atomic E-state index is 12.9. The molecule has 0 spiro atoms. The Labute approximate surface area is 153 Å². The third kappa shape index (κ3) is 5.78. The highest BCUT2D eigenvalue weighted by atomic mass is 32.2. The zero-order valence-corrected chi connectivity index (χ0v) is 14.5. The second-order valence-corrected chi connectivity index (χ2v) is 6.81. The lowest BCUT2D eigenvalue weighted by molar-refractivity contribution is -0.123. The fourth-order valence-electron chi connectivity index (χ4n) is 1.91. The molecular formula is C16H14FN3O6S. The summed E-state index contributed by atoms with van der Waals surface area (Å²) in [4.78, 5) is 33.4. The molecule has 0 aliphatic carbocycles. The summed E-state index contributed by atoms with van der Waals surface area (Å²) in [5, 5.41) is 1.71. The van der Waals surface area contributed by atoms with Crippen LogP contribution in [0.4, 0.5) is 14.9 Å². The standard InChI is InChI=1S/C16H14FN3O6S/c17-11-4-6-12(7-5-11)20-27(24,25)13-3-1-2-10(8-13)15(22)26-9-14(21)19-16(18)23/h1-8,20H,9H2,(H3,18,19,21,23). The molecule has 0 unspecified atom stereocenters. The van der Waals surface area contributed by atoms with E-state index in [0.29, 0.717) is 0 Å². The zero-order chi connectivity index (χ0) is 20.0. The first-order valence-electron chi connectivity index (χ1n) is 7.32. The number of carbonyl (C=O) groups is 3. The number of anilines is 1. The Hall–Kier alpha value is -3.47. The van der Waals surface area contributed by atoms with E-state index in [-0.39, 0.29) is 16.1 Å². The average molecular weight is 395 g/mol. The number of urea groups is 1. The van der Waals surface area contributed by atoms with Gasteiger partial charge < -0.3 is 10.5 Å². The van der Waals surface area contributed by atoms with Crippen LogP contribution in [0.5, 0.6) is 0 Å². The van der Waals surface area contributed by atoms with Gasteiger partial charge in [-0.05, 0) is 42.5 Å². The number of hydrogen-bond donors (Lipinski definition) is 3. The molecule has 0 bridgehead atoms. The number of halogens is 1. The van der Waals surface area contributed by atoms with Crippen molar-refractivity contribution in [3.05, 3.63) is 59.9 Å². The van der Waals surface area contributed by atoms with E-state index in [4.69, 9.17) is 5.73 Å². The third-order valence-corrected chi connectivity index (χ3v) is 4.45. The molecule has 3 amide bonds. The molecule has 142 valence electrons. The number of nitrogens with one attached hydrogen (secondary N) is 2. The van der Waals surface area contributed by atoms with Crippen LogP contribution in [0.15, 0.2) is 53.4 Å². The minimum Gasteiger partial charge on any atom is -0.452 e. The molecule has 0 saturated carbocycles. The Balaban J connectivity index is 2.11. The van der Waals surface area contributed by atoms with Crippen molar-refractivity contribution in [2.45, 2.75) is 4.90 Å². The van der Waals surface area contributed by atoms with Gasteiger partial charge in [-0.25, -0.2) is 22.4 Å². The van der Waals surface area contributed by atoms with E-state index in [2.05, 4.69) is 9.46 Å². The Kier molecular flexibility index (Phi) is 6.08. The minimum absolute atomic E-state index is 0.132. The summed E-state index contributed by atoms with van der Waals surface area (Å²) in [6, 6.07) is 8.42. The molecule has 0 aliphatic rings. The third-order valence-electron chi connectivity index (χ3n) is 3.07. The summed E-state index contributed by atoms with van der Waals surface area (Å²) < 4.78 is 44.6. The number of ether oxygens (including phenoxy) is 1. The molecular weight excluding hydrogens is 381 g/mol. The number of hydrogen-bond acceptors (Lipinski definition) is 6. The van der Waals surface area contributed by atoms with E-state index in [0.717, 1.165) is 18.2 Å². The van der Waals surface area contributed by atoms with Crippen LogP contribution in [-0.2, 0) is 19.6 Å². The lowest BCUT2D eigenvalue weighted by Crippen LogP contribution is -2.37. The van der Waals surface area contributed by atoms with Gasteiger partial charge in [0.1, 0.15) is 5.82 Å². The average Bonchev–Trinajstić information content (AvgIpc) is 2.61. The van der Waals surface area contributed by atoms with Gasteiger partial charge in [-0.15, -0.1) is 0 Å². The van der Waals surface area contributed by atoms with Crippen LogP contribution in [0.2, 0.25) is 0 Å². The number of amides is 3. The van der Waals surface area contributed by atoms with Gasteiger partial charge in [0, 0.05) is 5.69 Å². The molecule has 11 heteroatoms. The predicted molar refractivity (Wildman–Crippen MR) is 91.7 cm³/mol. The maximum Gasteiger partial charge on any atom is 0.338 e. The van der Waals surface area contributed by atoms with E-state index >= 15 is 0 Å². The number of nitrogens with two attached hydrogens (primary N) is 1. The molecule has 2 rings (SSSR count). The number of carbonyl (C=O) groups excluding carboxylic acids is 3. The van der Waals surface area contributed by atoms with E-state index in [1.165, 1.54) is 30.3 Å². The van der Waals surface area contributed by atoms with Crippen molar-refractivity contribution in [1.29, 1.82) is 0 Å². The molecule has 0 heterocycles. The summed E-state index contributed by atoms with van der Waals surface area (Å²) in [7, 11) is -4.05. The largest absolute Gasteiger partial charge is 0.452 e. The van der Waals surface area contributed by atoms with Gasteiger partial charge in [-0.2, -0.15) is 0 Å². The molecule has 0 aliphatic heterocycles. The van der Waals surface area contributed by atoms with Crippen LogP contribution < -0.4 is 15.8 Å². The zero-order valence-electron chi connectivity index (χ0n) is 13.6. The predicted octanol–water partition coefficient (Wildman–Crippen LogP) is 0.978. The Bertz CT molecular complexity index is 976. The van der Waals surface area contributed by atoms with Crippen molar-refractivity contribution < 1.29 is 31.9 Å². The van der Waals surface area contributed by atoms with E-state index in [9.17, 15) is 27.2 Å². The van der Waals surface area contributed by atoms with E-state index in [1.807, 2.05) is 0 Å². The first-order valence-corrected chi connectivity index (χ1v) is 8.80. The van der Waals surface area contributed by atoms with Crippen molar-refractivity contribution in [3.8, 4) is 0 Å². The first-order chi connectivity index (χ1) is 12.7. The van der Waals surface area contributed by atoms with Gasteiger partial charge in [0.15, 0.2) is 6.61 Å². The molecule has 0 fully saturated rings. The van der Waals surface area contributed by atoms with Gasteiger partial charge in [0.2, 0.25) is 0 Å². The van der Waals surface area contributed by atoms with Gasteiger partial charge in [0.05, 0.1) is 10.5 Å². The molecule has 0 aromatic heterocycles. The summed E-state index contributed by atoms with van der Waals surface area (Å²) in [6.45, 7) is -0.771. The molecule has 9 nitrogen and oxygen atoms in total. The van der Waals surface area contributed by atoms with Crippen molar-refractivity contribution >= 4 is 33.6 Å².